The summed E-state index contributed by atoms with van der Waals surface area (Å²) in [6.07, 6.45) is 3.09. The Morgan fingerprint density at radius 2 is 2.00 bits per heavy atom. The summed E-state index contributed by atoms with van der Waals surface area (Å²) in [6, 6.07) is 3.65. The van der Waals surface area contributed by atoms with Gasteiger partial charge in [-0.3, -0.25) is 19.5 Å². The third-order valence-electron chi connectivity index (χ3n) is 10.5. The largest absolute Gasteiger partial charge is 0.484 e. The smallest absolute Gasteiger partial charge is 0.314 e. The van der Waals surface area contributed by atoms with E-state index >= 15 is 0 Å². The molecule has 0 bridgehead atoms. The molecule has 14 nitrogen and oxygen atoms in total. The lowest BCUT2D eigenvalue weighted by atomic mass is 9.55. The summed E-state index contributed by atoms with van der Waals surface area (Å²) < 4.78 is 18.9. The molecule has 234 valence electrons. The number of rotatable bonds is 8. The van der Waals surface area contributed by atoms with E-state index in [9.17, 15) is 25.1 Å². The number of aliphatic hydroxyl groups is 2. The first-order chi connectivity index (χ1) is 21.2. The number of Topliss-reactive ketones (excluding diaryl/α,β-unsaturated/α-hetero) is 1. The minimum atomic E-state index is -1.27. The van der Waals surface area contributed by atoms with Crippen LogP contribution in [0.15, 0.2) is 24.8 Å². The van der Waals surface area contributed by atoms with Crippen LogP contribution in [-0.4, -0.2) is 78.6 Å². The molecule has 2 saturated carbocycles. The fourth-order valence-corrected chi connectivity index (χ4v) is 8.28. The third-order valence-corrected chi connectivity index (χ3v) is 10.5. The lowest BCUT2D eigenvalue weighted by Gasteiger charge is -2.48. The third kappa shape index (κ3) is 4.54. The van der Waals surface area contributed by atoms with Crippen molar-refractivity contribution in [2.75, 3.05) is 25.6 Å². The molecular weight excluding hydrogens is 572 g/mol. The number of carbonyl (C=O) groups excluding carboxylic acids is 1. The maximum atomic E-state index is 12.6. The van der Waals surface area contributed by atoms with Crippen LogP contribution in [0.1, 0.15) is 62.3 Å². The molecule has 14 heteroatoms. The summed E-state index contributed by atoms with van der Waals surface area (Å²) in [5.74, 6) is 1.71. The molecule has 0 spiro atoms. The van der Waals surface area contributed by atoms with E-state index in [2.05, 4.69) is 21.9 Å². The Labute approximate surface area is 252 Å². The second-order valence-corrected chi connectivity index (χ2v) is 12.6. The number of aromatic nitrogens is 4. The molecule has 8 atom stereocenters. The topological polar surface area (TPSA) is 198 Å². The zero-order chi connectivity index (χ0) is 30.7. The van der Waals surface area contributed by atoms with Crippen LogP contribution in [0.4, 0.5) is 11.5 Å². The number of fused-ring (bicyclic) bond motifs is 6. The van der Waals surface area contributed by atoms with Gasteiger partial charge in [-0.2, -0.15) is 0 Å². The van der Waals surface area contributed by atoms with Gasteiger partial charge < -0.3 is 30.2 Å². The minimum Gasteiger partial charge on any atom is -0.484 e. The average Bonchev–Trinajstić information content (AvgIpc) is 3.66. The first-order valence-electron chi connectivity index (χ1n) is 15.2. The number of carbonyl (C=O) groups is 1. The summed E-state index contributed by atoms with van der Waals surface area (Å²) in [5, 5.41) is 33.5. The predicted molar refractivity (Wildman–Crippen MR) is 155 cm³/mol. The van der Waals surface area contributed by atoms with Crippen molar-refractivity contribution in [1.29, 1.82) is 0 Å². The number of ketones is 1. The van der Waals surface area contributed by atoms with Gasteiger partial charge in [0.05, 0.1) is 24.5 Å². The van der Waals surface area contributed by atoms with E-state index in [0.717, 1.165) is 36.8 Å². The molecule has 0 radical (unpaired) electrons. The molecule has 3 fully saturated rings. The Morgan fingerprint density at radius 3 is 2.82 bits per heavy atom. The minimum absolute atomic E-state index is 0.00861. The summed E-state index contributed by atoms with van der Waals surface area (Å²) in [6.45, 7) is 2.21. The number of anilines is 1. The maximum absolute atomic E-state index is 12.6. The molecule has 7 rings (SSSR count). The molecule has 44 heavy (non-hydrogen) atoms. The lowest BCUT2D eigenvalue weighted by Crippen LogP contribution is -2.42. The first-order valence-corrected chi connectivity index (χ1v) is 15.2. The Morgan fingerprint density at radius 1 is 1.16 bits per heavy atom. The van der Waals surface area contributed by atoms with Crippen molar-refractivity contribution >= 4 is 28.5 Å². The van der Waals surface area contributed by atoms with E-state index in [-0.39, 0.29) is 53.3 Å². The highest BCUT2D eigenvalue weighted by Crippen LogP contribution is 2.60. The van der Waals surface area contributed by atoms with Gasteiger partial charge in [0.1, 0.15) is 42.5 Å². The van der Waals surface area contributed by atoms with Crippen LogP contribution in [0.2, 0.25) is 0 Å². The molecule has 4 aliphatic rings. The molecule has 1 aliphatic heterocycles. The van der Waals surface area contributed by atoms with Gasteiger partial charge in [0, 0.05) is 17.4 Å². The highest BCUT2D eigenvalue weighted by Gasteiger charge is 2.55. The number of nitrogens with zero attached hydrogens (tertiary/aromatic N) is 5. The molecule has 3 aliphatic carbocycles. The number of aliphatic hydroxyl groups excluding tert-OH is 2. The van der Waals surface area contributed by atoms with Crippen molar-refractivity contribution in [3.05, 3.63) is 46.0 Å². The first kappa shape index (κ1) is 29.0. The van der Waals surface area contributed by atoms with Gasteiger partial charge in [-0.1, -0.05) is 13.0 Å². The normalized spacial score (nSPS) is 32.8. The number of ether oxygens (including phenoxy) is 3. The molecule has 3 heterocycles. The van der Waals surface area contributed by atoms with Crippen molar-refractivity contribution in [2.24, 2.45) is 17.3 Å². The Kier molecular flexibility index (Phi) is 7.27. The Hall–Kier alpha value is -3.72. The van der Waals surface area contributed by atoms with Gasteiger partial charge in [0.25, 0.3) is 0 Å². The van der Waals surface area contributed by atoms with Crippen molar-refractivity contribution in [3.63, 3.8) is 0 Å². The number of nitro benzene ring substituents is 1. The van der Waals surface area contributed by atoms with E-state index in [1.165, 1.54) is 17.2 Å². The van der Waals surface area contributed by atoms with Crippen LogP contribution >= 0.6 is 0 Å². The Bertz CT molecular complexity index is 1610. The predicted octanol–water partition coefficient (Wildman–Crippen LogP) is 2.46. The van der Waals surface area contributed by atoms with Gasteiger partial charge in [-0.05, 0) is 61.5 Å². The van der Waals surface area contributed by atoms with Crippen LogP contribution in [0.5, 0.6) is 5.75 Å². The fourth-order valence-electron chi connectivity index (χ4n) is 8.28. The van der Waals surface area contributed by atoms with Crippen molar-refractivity contribution < 1.29 is 34.1 Å². The van der Waals surface area contributed by atoms with Crippen molar-refractivity contribution in [1.82, 2.24) is 19.5 Å². The quantitative estimate of drug-likeness (QED) is 0.192. The standard InChI is InChI=1S/C30H36N6O8/c1-30-9-8-16-15-4-6-20(24(36(40)41)18(15)3-2-17(16)19(30)5-7-22(30)37)43-11-10-42-12-21-25(38)26(39)29(44-21)35-14-34-23-27(31)32-13-33-28(23)35/h4,6,13-14,16-17,19,21,25-26,29,38-39H,2-3,5,7-12H2,1H3,(H2,31,32,33)/t16-,17-,19+,21-,25-,26-,29?,30+/m1/s1. The zero-order valence-electron chi connectivity index (χ0n) is 24.4. The van der Waals surface area contributed by atoms with Crippen molar-refractivity contribution in [2.45, 2.75) is 75.9 Å². The summed E-state index contributed by atoms with van der Waals surface area (Å²) >= 11 is 0. The summed E-state index contributed by atoms with van der Waals surface area (Å²) in [5.41, 5.74) is 8.10. The fraction of sp³-hybridized carbons (Fsp3) is 0.600. The van der Waals surface area contributed by atoms with Gasteiger partial charge in [-0.25, -0.2) is 15.0 Å². The van der Waals surface area contributed by atoms with Crippen LogP contribution in [0.25, 0.3) is 11.2 Å². The van der Waals surface area contributed by atoms with Crippen LogP contribution < -0.4 is 10.5 Å². The zero-order valence-corrected chi connectivity index (χ0v) is 24.4. The van der Waals surface area contributed by atoms with Crippen LogP contribution in [-0.2, 0) is 20.7 Å². The molecule has 1 aromatic carbocycles. The van der Waals surface area contributed by atoms with E-state index in [0.29, 0.717) is 41.6 Å². The van der Waals surface area contributed by atoms with E-state index in [1.54, 1.807) is 6.07 Å². The lowest BCUT2D eigenvalue weighted by molar-refractivity contribution is -0.386. The van der Waals surface area contributed by atoms with Gasteiger partial charge in [0.15, 0.2) is 23.4 Å². The van der Waals surface area contributed by atoms with E-state index in [4.69, 9.17) is 19.9 Å². The number of imidazole rings is 1. The number of benzene rings is 1. The van der Waals surface area contributed by atoms with E-state index in [1.807, 2.05) is 6.07 Å². The monoisotopic (exact) mass is 608 g/mol. The summed E-state index contributed by atoms with van der Waals surface area (Å²) in [4.78, 5) is 36.8. The molecular formula is C30H36N6O8. The highest BCUT2D eigenvalue weighted by molar-refractivity contribution is 5.87. The number of nitrogens with two attached hydrogens (primary N) is 1. The second kappa shape index (κ2) is 11.0. The van der Waals surface area contributed by atoms with Gasteiger partial charge in [-0.15, -0.1) is 0 Å². The number of hydrogen-bond acceptors (Lipinski definition) is 12. The molecule has 4 N–H and O–H groups in total. The summed E-state index contributed by atoms with van der Waals surface area (Å²) in [7, 11) is 0. The van der Waals surface area contributed by atoms with E-state index < -0.39 is 24.5 Å². The number of hydrogen-bond donors (Lipinski definition) is 3. The maximum Gasteiger partial charge on any atom is 0.314 e. The average molecular weight is 609 g/mol. The van der Waals surface area contributed by atoms with Crippen LogP contribution in [0, 0.1) is 27.4 Å². The molecule has 1 saturated heterocycles. The second-order valence-electron chi connectivity index (χ2n) is 12.6. The van der Waals surface area contributed by atoms with Crippen LogP contribution in [0.3, 0.4) is 0 Å². The number of nitro groups is 1. The molecule has 2 aromatic heterocycles. The van der Waals surface area contributed by atoms with Gasteiger partial charge in [0.2, 0.25) is 0 Å². The SMILES string of the molecule is C[C@]12CC[C@@H]3c4ccc(OCCOC[C@H]5OC(n6cnc7c(N)ncnc76)[C@H](O)[C@@H]5O)c([N+](=O)[O-])c4CC[C@H]3[C@@H]1CCC2=O. The number of nitrogen functional groups attached to an aromatic ring is 1. The molecule has 3 aromatic rings. The van der Waals surface area contributed by atoms with Crippen molar-refractivity contribution in [3.8, 4) is 5.75 Å². The highest BCUT2D eigenvalue weighted by atomic mass is 16.6. The van der Waals surface area contributed by atoms with Gasteiger partial charge >= 0.3 is 5.69 Å². The molecule has 1 unspecified atom stereocenters. The molecule has 0 amide bonds. The Balaban J connectivity index is 0.975.